The zero-order valence-electron chi connectivity index (χ0n) is 14.8. The van der Waals surface area contributed by atoms with E-state index in [1.165, 1.54) is 11.8 Å². The molecule has 1 rings (SSSR count). The number of aryl methyl sites for hydroxylation is 1. The van der Waals surface area contributed by atoms with Gasteiger partial charge in [-0.15, -0.1) is 11.8 Å². The lowest BCUT2D eigenvalue weighted by Crippen LogP contribution is -2.42. The molecule has 0 saturated carbocycles. The Hall–Kier alpha value is -1.73. The van der Waals surface area contributed by atoms with Crippen molar-refractivity contribution in [2.75, 3.05) is 18.9 Å². The number of rotatable bonds is 11. The number of hydrogen-bond acceptors (Lipinski definition) is 5. The average Bonchev–Trinajstić information content (AvgIpc) is 2.58. The maximum absolute atomic E-state index is 12.4. The largest absolute Gasteiger partial charge is 0.449 e. The normalized spacial score (nSPS) is 13.3. The van der Waals surface area contributed by atoms with Crippen molar-refractivity contribution in [3.05, 3.63) is 35.9 Å². The van der Waals surface area contributed by atoms with Crippen LogP contribution in [0.25, 0.3) is 0 Å². The SMILES string of the molecule is CC(C)CNC(=O)C(SCCOC(N)=O)C(O)CCc1ccccc1. The van der Waals surface area contributed by atoms with E-state index in [4.69, 9.17) is 5.73 Å². The first-order valence-corrected chi connectivity index (χ1v) is 9.48. The molecule has 0 aliphatic heterocycles. The zero-order chi connectivity index (χ0) is 18.7. The van der Waals surface area contributed by atoms with Crippen molar-refractivity contribution in [1.29, 1.82) is 0 Å². The highest BCUT2D eigenvalue weighted by atomic mass is 32.2. The van der Waals surface area contributed by atoms with Gasteiger partial charge in [0.2, 0.25) is 5.91 Å². The Kier molecular flexibility index (Phi) is 10.0. The highest BCUT2D eigenvalue weighted by molar-refractivity contribution is 8.00. The maximum Gasteiger partial charge on any atom is 0.404 e. The molecule has 140 valence electrons. The van der Waals surface area contributed by atoms with Gasteiger partial charge in [0.25, 0.3) is 0 Å². The minimum absolute atomic E-state index is 0.110. The lowest BCUT2D eigenvalue weighted by Gasteiger charge is -2.22. The number of carbonyl (C=O) groups is 2. The molecule has 2 amide bonds. The number of nitrogens with one attached hydrogen (secondary N) is 1. The Labute approximate surface area is 153 Å². The van der Waals surface area contributed by atoms with Crippen LogP contribution in [0.1, 0.15) is 25.8 Å². The van der Waals surface area contributed by atoms with Crippen LogP contribution in [0.3, 0.4) is 0 Å². The van der Waals surface area contributed by atoms with E-state index in [2.05, 4.69) is 10.1 Å². The number of aliphatic hydroxyl groups excluding tert-OH is 1. The molecular weight excluding hydrogens is 340 g/mol. The summed E-state index contributed by atoms with van der Waals surface area (Å²) in [5.41, 5.74) is 6.04. The molecule has 1 aromatic carbocycles. The molecule has 1 aromatic rings. The number of nitrogens with two attached hydrogens (primary N) is 1. The monoisotopic (exact) mass is 368 g/mol. The van der Waals surface area contributed by atoms with Gasteiger partial charge in [0.05, 0.1) is 6.10 Å². The fourth-order valence-corrected chi connectivity index (χ4v) is 3.22. The second-order valence-corrected chi connectivity index (χ2v) is 7.44. The lowest BCUT2D eigenvalue weighted by molar-refractivity contribution is -0.122. The summed E-state index contributed by atoms with van der Waals surface area (Å²) in [7, 11) is 0. The van der Waals surface area contributed by atoms with Crippen LogP contribution in [-0.4, -0.2) is 47.4 Å². The third-order valence-electron chi connectivity index (χ3n) is 3.49. The van der Waals surface area contributed by atoms with Crippen molar-refractivity contribution >= 4 is 23.8 Å². The summed E-state index contributed by atoms with van der Waals surface area (Å²) in [6.07, 6.45) is -0.459. The average molecular weight is 368 g/mol. The molecule has 2 atom stereocenters. The standard InChI is InChI=1S/C18H28N2O4S/c1-13(2)12-20-17(22)16(25-11-10-24-18(19)23)15(21)9-8-14-6-4-3-5-7-14/h3-7,13,15-16,21H,8-12H2,1-2H3,(H2,19,23)(H,20,22). The fraction of sp³-hybridized carbons (Fsp3) is 0.556. The van der Waals surface area contributed by atoms with Crippen LogP contribution in [0.5, 0.6) is 0 Å². The Bertz CT molecular complexity index is 525. The summed E-state index contributed by atoms with van der Waals surface area (Å²) in [4.78, 5) is 23.0. The number of thioether (sulfide) groups is 1. The number of primary amides is 1. The highest BCUT2D eigenvalue weighted by Gasteiger charge is 2.27. The van der Waals surface area contributed by atoms with E-state index in [0.717, 1.165) is 5.56 Å². The molecule has 0 aromatic heterocycles. The first-order valence-electron chi connectivity index (χ1n) is 8.43. The number of ether oxygens (including phenoxy) is 1. The molecule has 7 heteroatoms. The molecule has 0 heterocycles. The first-order chi connectivity index (χ1) is 11.9. The molecule has 0 fully saturated rings. The van der Waals surface area contributed by atoms with Crippen molar-refractivity contribution in [1.82, 2.24) is 5.32 Å². The van der Waals surface area contributed by atoms with Crippen LogP contribution in [0.4, 0.5) is 4.79 Å². The van der Waals surface area contributed by atoms with Crippen molar-refractivity contribution < 1.29 is 19.4 Å². The molecule has 4 N–H and O–H groups in total. The third-order valence-corrected chi connectivity index (χ3v) is 4.78. The molecule has 0 radical (unpaired) electrons. The molecule has 0 bridgehead atoms. The van der Waals surface area contributed by atoms with Crippen LogP contribution < -0.4 is 11.1 Å². The van der Waals surface area contributed by atoms with Crippen LogP contribution >= 0.6 is 11.8 Å². The molecule has 0 aliphatic rings. The summed E-state index contributed by atoms with van der Waals surface area (Å²) >= 11 is 1.27. The van der Waals surface area contributed by atoms with E-state index < -0.39 is 17.4 Å². The number of aliphatic hydroxyl groups is 1. The zero-order valence-corrected chi connectivity index (χ0v) is 15.6. The topological polar surface area (TPSA) is 102 Å². The molecule has 2 unspecified atom stereocenters. The number of carbonyl (C=O) groups excluding carboxylic acids is 2. The Balaban J connectivity index is 2.57. The van der Waals surface area contributed by atoms with E-state index in [1.807, 2.05) is 44.2 Å². The third kappa shape index (κ3) is 9.36. The van der Waals surface area contributed by atoms with Gasteiger partial charge >= 0.3 is 6.09 Å². The highest BCUT2D eigenvalue weighted by Crippen LogP contribution is 2.19. The van der Waals surface area contributed by atoms with Crippen molar-refractivity contribution in [3.8, 4) is 0 Å². The molecule has 0 aliphatic carbocycles. The molecule has 6 nitrogen and oxygen atoms in total. The van der Waals surface area contributed by atoms with E-state index >= 15 is 0 Å². The fourth-order valence-electron chi connectivity index (χ4n) is 2.19. The van der Waals surface area contributed by atoms with E-state index in [-0.39, 0.29) is 12.5 Å². The van der Waals surface area contributed by atoms with Gasteiger partial charge in [0.1, 0.15) is 11.9 Å². The van der Waals surface area contributed by atoms with Crippen molar-refractivity contribution in [2.24, 2.45) is 11.7 Å². The Morgan fingerprint density at radius 3 is 2.56 bits per heavy atom. The van der Waals surface area contributed by atoms with Crippen molar-refractivity contribution in [2.45, 2.75) is 38.0 Å². The van der Waals surface area contributed by atoms with Gasteiger partial charge in [-0.3, -0.25) is 4.79 Å². The van der Waals surface area contributed by atoms with E-state index in [1.54, 1.807) is 0 Å². The Morgan fingerprint density at radius 1 is 1.28 bits per heavy atom. The second-order valence-electron chi connectivity index (χ2n) is 6.19. The van der Waals surface area contributed by atoms with Gasteiger partial charge in [0.15, 0.2) is 0 Å². The number of benzene rings is 1. The minimum Gasteiger partial charge on any atom is -0.449 e. The van der Waals surface area contributed by atoms with Gasteiger partial charge in [-0.2, -0.15) is 0 Å². The first kappa shape index (κ1) is 21.3. The lowest BCUT2D eigenvalue weighted by atomic mass is 10.0. The summed E-state index contributed by atoms with van der Waals surface area (Å²) in [6.45, 7) is 4.68. The van der Waals surface area contributed by atoms with Gasteiger partial charge in [-0.1, -0.05) is 44.2 Å². The quantitative estimate of drug-likeness (QED) is 0.518. The van der Waals surface area contributed by atoms with Crippen LogP contribution in [0.15, 0.2) is 30.3 Å². The van der Waals surface area contributed by atoms with Crippen molar-refractivity contribution in [3.63, 3.8) is 0 Å². The Morgan fingerprint density at radius 2 is 1.96 bits per heavy atom. The van der Waals surface area contributed by atoms with Crippen LogP contribution in [0, 0.1) is 5.92 Å². The maximum atomic E-state index is 12.4. The van der Waals surface area contributed by atoms with E-state index in [9.17, 15) is 14.7 Å². The summed E-state index contributed by atoms with van der Waals surface area (Å²) < 4.78 is 4.68. The molecule has 0 spiro atoms. The predicted octanol–water partition coefficient (Wildman–Crippen LogP) is 1.95. The van der Waals surface area contributed by atoms with Crippen LogP contribution in [-0.2, 0) is 16.0 Å². The molecule has 25 heavy (non-hydrogen) atoms. The van der Waals surface area contributed by atoms with Gasteiger partial charge in [0, 0.05) is 12.3 Å². The van der Waals surface area contributed by atoms with Gasteiger partial charge < -0.3 is 20.9 Å². The second kappa shape index (κ2) is 11.8. The smallest absolute Gasteiger partial charge is 0.404 e. The summed E-state index contributed by atoms with van der Waals surface area (Å²) in [6, 6.07) is 9.83. The summed E-state index contributed by atoms with van der Waals surface area (Å²) in [5, 5.41) is 12.7. The minimum atomic E-state index is -0.842. The molecule has 0 saturated heterocycles. The van der Waals surface area contributed by atoms with Crippen LogP contribution in [0.2, 0.25) is 0 Å². The number of amides is 2. The molecular formula is C18H28N2O4S. The van der Waals surface area contributed by atoms with E-state index in [0.29, 0.717) is 31.1 Å². The predicted molar refractivity (Wildman–Crippen MR) is 100 cm³/mol. The van der Waals surface area contributed by atoms with Gasteiger partial charge in [-0.05, 0) is 24.3 Å². The number of hydrogen-bond donors (Lipinski definition) is 3. The summed E-state index contributed by atoms with van der Waals surface area (Å²) in [5.74, 6) is 0.526. The van der Waals surface area contributed by atoms with Gasteiger partial charge in [-0.25, -0.2) is 4.79 Å².